The zero-order valence-corrected chi connectivity index (χ0v) is 7.83. The molecule has 2 bridgehead atoms. The van der Waals surface area contributed by atoms with Crippen molar-refractivity contribution in [2.75, 3.05) is 19.7 Å². The smallest absolute Gasteiger partial charge is 0.0791 e. The van der Waals surface area contributed by atoms with Crippen LogP contribution in [0.1, 0.15) is 19.3 Å². The van der Waals surface area contributed by atoms with Crippen molar-refractivity contribution in [1.82, 2.24) is 10.3 Å². The molecule has 3 rings (SSSR count). The van der Waals surface area contributed by atoms with Crippen LogP contribution >= 0.6 is 0 Å². The number of nitrogens with two attached hydrogens (primary N) is 1. The minimum atomic E-state index is 0.190. The number of ether oxygens (including phenoxy) is 1. The third kappa shape index (κ3) is 1.13. The molecule has 3 heterocycles. The Hall–Kier alpha value is -0.160. The van der Waals surface area contributed by atoms with Gasteiger partial charge in [0, 0.05) is 25.7 Å². The van der Waals surface area contributed by atoms with Gasteiger partial charge in [-0.15, -0.1) is 0 Å². The molecule has 0 spiro atoms. The average molecular weight is 183 g/mol. The van der Waals surface area contributed by atoms with Crippen LogP contribution in [0.15, 0.2) is 0 Å². The second kappa shape index (κ2) is 2.67. The van der Waals surface area contributed by atoms with Crippen LogP contribution in [-0.2, 0) is 4.74 Å². The van der Waals surface area contributed by atoms with E-state index in [4.69, 9.17) is 10.6 Å². The Morgan fingerprint density at radius 3 is 3.00 bits per heavy atom. The highest BCUT2D eigenvalue weighted by Crippen LogP contribution is 2.37. The minimum Gasteiger partial charge on any atom is -0.376 e. The Kier molecular flexibility index (Phi) is 1.68. The highest BCUT2D eigenvalue weighted by Gasteiger charge is 2.51. The molecule has 0 aliphatic carbocycles. The van der Waals surface area contributed by atoms with Gasteiger partial charge in [0.1, 0.15) is 0 Å². The van der Waals surface area contributed by atoms with Crippen molar-refractivity contribution in [2.24, 2.45) is 5.84 Å². The van der Waals surface area contributed by atoms with E-state index in [9.17, 15) is 0 Å². The van der Waals surface area contributed by atoms with Gasteiger partial charge in [-0.25, -0.2) is 5.01 Å². The maximum absolute atomic E-state index is 5.90. The SMILES string of the molecule is NN1C[C@@H]2CC[C@](C3CCO3)(C1)N2. The number of piperazine rings is 1. The lowest BCUT2D eigenvalue weighted by molar-refractivity contribution is -0.114. The molecule has 13 heavy (non-hydrogen) atoms. The number of hydrogen-bond acceptors (Lipinski definition) is 4. The minimum absolute atomic E-state index is 0.190. The van der Waals surface area contributed by atoms with Crippen LogP contribution in [0.25, 0.3) is 0 Å². The van der Waals surface area contributed by atoms with Gasteiger partial charge in [-0.05, 0) is 19.3 Å². The third-order valence-corrected chi connectivity index (χ3v) is 3.69. The van der Waals surface area contributed by atoms with E-state index in [2.05, 4.69) is 5.32 Å². The molecule has 3 saturated heterocycles. The molecular weight excluding hydrogens is 166 g/mol. The first kappa shape index (κ1) is 8.17. The van der Waals surface area contributed by atoms with E-state index in [1.807, 2.05) is 5.01 Å². The molecule has 3 atom stereocenters. The Bertz CT molecular complexity index is 219. The van der Waals surface area contributed by atoms with Crippen molar-refractivity contribution in [3.05, 3.63) is 0 Å². The number of hydrazine groups is 1. The highest BCUT2D eigenvalue weighted by atomic mass is 16.5. The highest BCUT2D eigenvalue weighted by molar-refractivity contribution is 5.09. The molecular formula is C9H17N3O. The lowest BCUT2D eigenvalue weighted by Crippen LogP contribution is -2.68. The quantitative estimate of drug-likeness (QED) is 0.536. The summed E-state index contributed by atoms with van der Waals surface area (Å²) in [4.78, 5) is 0. The van der Waals surface area contributed by atoms with Gasteiger partial charge in [0.25, 0.3) is 0 Å². The van der Waals surface area contributed by atoms with Gasteiger partial charge in [-0.2, -0.15) is 0 Å². The van der Waals surface area contributed by atoms with E-state index in [0.717, 1.165) is 19.7 Å². The summed E-state index contributed by atoms with van der Waals surface area (Å²) in [5, 5.41) is 5.64. The number of nitrogens with one attached hydrogen (secondary N) is 1. The lowest BCUT2D eigenvalue weighted by Gasteiger charge is -2.47. The fourth-order valence-electron chi connectivity index (χ4n) is 2.98. The molecule has 3 fully saturated rings. The van der Waals surface area contributed by atoms with E-state index < -0.39 is 0 Å². The van der Waals surface area contributed by atoms with Crippen LogP contribution in [0.5, 0.6) is 0 Å². The molecule has 3 aliphatic rings. The average Bonchev–Trinajstić information content (AvgIpc) is 2.23. The Morgan fingerprint density at radius 2 is 2.31 bits per heavy atom. The Labute approximate surface area is 78.4 Å². The summed E-state index contributed by atoms with van der Waals surface area (Å²) in [5.41, 5.74) is 0.190. The van der Waals surface area contributed by atoms with Crippen molar-refractivity contribution >= 4 is 0 Å². The molecule has 3 aliphatic heterocycles. The zero-order valence-electron chi connectivity index (χ0n) is 7.83. The maximum atomic E-state index is 5.90. The second-order valence-corrected chi connectivity index (χ2v) is 4.61. The van der Waals surface area contributed by atoms with Gasteiger partial charge in [0.05, 0.1) is 11.6 Å². The fraction of sp³-hybridized carbons (Fsp3) is 1.00. The monoisotopic (exact) mass is 183 g/mol. The Balaban J connectivity index is 1.81. The van der Waals surface area contributed by atoms with E-state index in [-0.39, 0.29) is 5.54 Å². The summed E-state index contributed by atoms with van der Waals surface area (Å²) in [5.74, 6) is 5.90. The molecule has 0 aromatic heterocycles. The van der Waals surface area contributed by atoms with E-state index in [0.29, 0.717) is 12.1 Å². The standard InChI is InChI=1S/C9H17N3O/c10-12-5-7-1-3-9(6-12,11-7)8-2-4-13-8/h7-8,11H,1-6,10H2/t7-,8?,9+/m0/s1. The first-order valence-electron chi connectivity index (χ1n) is 5.17. The predicted octanol–water partition coefficient (Wildman–Crippen LogP) is -0.545. The molecule has 1 unspecified atom stereocenters. The van der Waals surface area contributed by atoms with Gasteiger partial charge < -0.3 is 10.1 Å². The van der Waals surface area contributed by atoms with Crippen molar-refractivity contribution in [3.8, 4) is 0 Å². The van der Waals surface area contributed by atoms with Crippen LogP contribution < -0.4 is 11.2 Å². The molecule has 0 aromatic carbocycles. The number of rotatable bonds is 1. The third-order valence-electron chi connectivity index (χ3n) is 3.69. The van der Waals surface area contributed by atoms with Crippen molar-refractivity contribution in [1.29, 1.82) is 0 Å². The first-order valence-corrected chi connectivity index (χ1v) is 5.17. The van der Waals surface area contributed by atoms with Crippen LogP contribution in [0.3, 0.4) is 0 Å². The largest absolute Gasteiger partial charge is 0.376 e. The fourth-order valence-corrected chi connectivity index (χ4v) is 2.98. The van der Waals surface area contributed by atoms with Crippen LogP contribution in [0.2, 0.25) is 0 Å². The van der Waals surface area contributed by atoms with Crippen LogP contribution in [0, 0.1) is 0 Å². The maximum Gasteiger partial charge on any atom is 0.0791 e. The number of nitrogens with zero attached hydrogens (tertiary/aromatic N) is 1. The van der Waals surface area contributed by atoms with E-state index in [1.54, 1.807) is 0 Å². The Morgan fingerprint density at radius 1 is 1.46 bits per heavy atom. The normalized spacial score (nSPS) is 50.5. The van der Waals surface area contributed by atoms with Crippen LogP contribution in [0.4, 0.5) is 0 Å². The second-order valence-electron chi connectivity index (χ2n) is 4.61. The molecule has 0 aromatic rings. The topological polar surface area (TPSA) is 50.5 Å². The summed E-state index contributed by atoms with van der Waals surface area (Å²) in [7, 11) is 0. The zero-order chi connectivity index (χ0) is 8.89. The lowest BCUT2D eigenvalue weighted by atomic mass is 9.86. The number of fused-ring (bicyclic) bond motifs is 2. The van der Waals surface area contributed by atoms with Gasteiger partial charge in [-0.3, -0.25) is 5.84 Å². The summed E-state index contributed by atoms with van der Waals surface area (Å²) in [6.07, 6.45) is 4.11. The molecule has 0 saturated carbocycles. The summed E-state index contributed by atoms with van der Waals surface area (Å²) >= 11 is 0. The predicted molar refractivity (Wildman–Crippen MR) is 49.0 cm³/mol. The first-order chi connectivity index (χ1) is 6.28. The molecule has 4 nitrogen and oxygen atoms in total. The molecule has 3 N–H and O–H groups in total. The summed E-state index contributed by atoms with van der Waals surface area (Å²) in [6.45, 7) is 2.88. The van der Waals surface area contributed by atoms with E-state index >= 15 is 0 Å². The molecule has 74 valence electrons. The van der Waals surface area contributed by atoms with Gasteiger partial charge in [0.15, 0.2) is 0 Å². The van der Waals surface area contributed by atoms with E-state index in [1.165, 1.54) is 19.3 Å². The molecule has 0 radical (unpaired) electrons. The van der Waals surface area contributed by atoms with Crippen LogP contribution in [-0.4, -0.2) is 42.4 Å². The number of hydrogen-bond donors (Lipinski definition) is 2. The van der Waals surface area contributed by atoms with Crippen molar-refractivity contribution in [2.45, 2.75) is 36.9 Å². The van der Waals surface area contributed by atoms with Gasteiger partial charge in [-0.1, -0.05) is 0 Å². The summed E-state index contributed by atoms with van der Waals surface area (Å²) < 4.78 is 5.59. The van der Waals surface area contributed by atoms with Gasteiger partial charge >= 0.3 is 0 Å². The summed E-state index contributed by atoms with van der Waals surface area (Å²) in [6, 6.07) is 0.600. The van der Waals surface area contributed by atoms with Crippen molar-refractivity contribution in [3.63, 3.8) is 0 Å². The molecule has 0 amide bonds. The van der Waals surface area contributed by atoms with Crippen molar-refractivity contribution < 1.29 is 4.74 Å². The van der Waals surface area contributed by atoms with Gasteiger partial charge in [0.2, 0.25) is 0 Å². The molecule has 4 heteroatoms.